The smallest absolute Gasteiger partial charge is 0.350 e. The molecule has 0 amide bonds. The van der Waals surface area contributed by atoms with E-state index in [1.54, 1.807) is 18.5 Å². The van der Waals surface area contributed by atoms with Crippen LogP contribution in [0.5, 0.6) is 0 Å². The van der Waals surface area contributed by atoms with Crippen molar-refractivity contribution < 1.29 is 23.6 Å². The maximum absolute atomic E-state index is 12.0. The Morgan fingerprint density at radius 2 is 2.15 bits per heavy atom. The van der Waals surface area contributed by atoms with E-state index in [2.05, 4.69) is 19.8 Å². The molecule has 3 heterocycles. The molecule has 1 aliphatic heterocycles. The third-order valence-electron chi connectivity index (χ3n) is 4.25. The van der Waals surface area contributed by atoms with Gasteiger partial charge in [-0.25, -0.2) is 14.0 Å². The number of H-pyrrole nitrogens is 1. The second kappa shape index (κ2) is 6.89. The first-order valence-electron chi connectivity index (χ1n) is 7.71. The average molecular weight is 387 g/mol. The molecule has 1 aliphatic rings. The number of phosphoric ester groups is 1. The molecule has 12 nitrogen and oxygen atoms in total. The lowest BCUT2D eigenvalue weighted by atomic mass is 10.1. The molecule has 0 saturated carbocycles. The summed E-state index contributed by atoms with van der Waals surface area (Å²) in [6.45, 7) is 3.18. The van der Waals surface area contributed by atoms with E-state index in [-0.39, 0.29) is 6.42 Å². The van der Waals surface area contributed by atoms with E-state index in [9.17, 15) is 14.2 Å². The number of nitrogens with one attached hydrogen (secondary N) is 1. The fourth-order valence-corrected chi connectivity index (χ4v) is 3.19. The summed E-state index contributed by atoms with van der Waals surface area (Å²) in [5.41, 5.74) is 0.271. The highest BCUT2D eigenvalue weighted by Crippen LogP contribution is 2.41. The Labute approximate surface area is 146 Å². The second-order valence-electron chi connectivity index (χ2n) is 5.94. The Balaban J connectivity index is 1.92. The molecule has 3 rings (SSSR count). The lowest BCUT2D eigenvalue weighted by molar-refractivity contribution is -0.0319. The van der Waals surface area contributed by atoms with Crippen LogP contribution in [0.4, 0.5) is 0 Å². The van der Waals surface area contributed by atoms with Gasteiger partial charge in [-0.1, -0.05) is 5.21 Å². The Bertz CT molecular complexity index is 960. The molecule has 0 aliphatic carbocycles. The van der Waals surface area contributed by atoms with E-state index in [1.807, 2.05) is 0 Å². The largest absolute Gasteiger partial charge is 0.469 e. The van der Waals surface area contributed by atoms with Gasteiger partial charge in [-0.05, 0) is 13.8 Å². The molecule has 0 spiro atoms. The topological polar surface area (TPSA) is 162 Å². The molecule has 2 aromatic rings. The summed E-state index contributed by atoms with van der Waals surface area (Å²) in [6, 6.07) is 0.718. The summed E-state index contributed by atoms with van der Waals surface area (Å²) in [4.78, 5) is 43.3. The molecule has 2 aromatic heterocycles. The van der Waals surface area contributed by atoms with Crippen LogP contribution in [0.1, 0.15) is 30.1 Å². The van der Waals surface area contributed by atoms with Crippen molar-refractivity contribution >= 4 is 7.82 Å². The van der Waals surface area contributed by atoms with Crippen LogP contribution in [-0.2, 0) is 13.8 Å². The number of nitrogens with zero attached hydrogens (tertiary/aromatic N) is 4. The molecule has 26 heavy (non-hydrogen) atoms. The Kier molecular flexibility index (Phi) is 4.95. The predicted octanol–water partition coefficient (Wildman–Crippen LogP) is -0.617. The number of ether oxygens (including phenoxy) is 1. The molecular weight excluding hydrogens is 369 g/mol. The van der Waals surface area contributed by atoms with Crippen LogP contribution in [0.15, 0.2) is 21.9 Å². The van der Waals surface area contributed by atoms with Gasteiger partial charge in [0.2, 0.25) is 0 Å². The minimum atomic E-state index is -4.69. The summed E-state index contributed by atoms with van der Waals surface area (Å²) in [7, 11) is -4.69. The SMILES string of the molecule is Cc1nnn([C@H]2C[C@H](n3ccc(=O)[nH]c3=O)O[C@@H]2COP(=O)(O)O)c1C. The minimum Gasteiger partial charge on any atom is -0.350 e. The molecule has 3 atom stereocenters. The number of rotatable bonds is 5. The summed E-state index contributed by atoms with van der Waals surface area (Å²) in [5.74, 6) is 0. The number of phosphoric acid groups is 1. The van der Waals surface area contributed by atoms with Crippen molar-refractivity contribution in [3.8, 4) is 0 Å². The highest BCUT2D eigenvalue weighted by Gasteiger charge is 2.40. The molecule has 1 saturated heterocycles. The standard InChI is InChI=1S/C13H18N5O7P/c1-7-8(2)18(16-15-7)9-5-12(17-4-3-11(19)14-13(17)20)25-10(9)6-24-26(21,22)23/h3-4,9-10,12H,5-6H2,1-2H3,(H,14,19,20)(H2,21,22,23)/t9-,10+,12+/m0/s1. The third kappa shape index (κ3) is 3.84. The Morgan fingerprint density at radius 1 is 1.42 bits per heavy atom. The molecule has 0 aromatic carbocycles. The first-order chi connectivity index (χ1) is 12.2. The normalized spacial score (nSPS) is 23.5. The van der Waals surface area contributed by atoms with Crippen LogP contribution in [0, 0.1) is 13.8 Å². The average Bonchev–Trinajstić information content (AvgIpc) is 3.09. The van der Waals surface area contributed by atoms with Crippen molar-refractivity contribution in [1.82, 2.24) is 24.5 Å². The van der Waals surface area contributed by atoms with E-state index in [0.717, 1.165) is 5.69 Å². The number of aryl methyl sites for hydroxylation is 1. The van der Waals surface area contributed by atoms with Gasteiger partial charge in [-0.3, -0.25) is 18.9 Å². The first-order valence-corrected chi connectivity index (χ1v) is 9.24. The van der Waals surface area contributed by atoms with E-state index >= 15 is 0 Å². The van der Waals surface area contributed by atoms with E-state index in [1.165, 1.54) is 16.8 Å². The van der Waals surface area contributed by atoms with E-state index in [0.29, 0.717) is 5.69 Å². The van der Waals surface area contributed by atoms with Crippen LogP contribution >= 0.6 is 7.82 Å². The van der Waals surface area contributed by atoms with Gasteiger partial charge in [0.15, 0.2) is 0 Å². The highest BCUT2D eigenvalue weighted by atomic mass is 31.2. The molecule has 0 bridgehead atoms. The molecule has 1 fully saturated rings. The van der Waals surface area contributed by atoms with Crippen molar-refractivity contribution in [2.24, 2.45) is 0 Å². The Hall–Kier alpha value is -2.11. The molecular formula is C13H18N5O7P. The number of aromatic amines is 1. The first kappa shape index (κ1) is 18.7. The minimum absolute atomic E-state index is 0.269. The molecule has 142 valence electrons. The van der Waals surface area contributed by atoms with Crippen molar-refractivity contribution in [2.75, 3.05) is 6.61 Å². The van der Waals surface area contributed by atoms with Gasteiger partial charge in [0.05, 0.1) is 24.0 Å². The van der Waals surface area contributed by atoms with E-state index < -0.39 is 44.1 Å². The molecule has 0 radical (unpaired) electrons. The van der Waals surface area contributed by atoms with Gasteiger partial charge in [0.1, 0.15) is 12.3 Å². The van der Waals surface area contributed by atoms with Gasteiger partial charge < -0.3 is 14.5 Å². The van der Waals surface area contributed by atoms with Gasteiger partial charge in [-0.2, -0.15) is 0 Å². The third-order valence-corrected chi connectivity index (χ3v) is 4.73. The van der Waals surface area contributed by atoms with Crippen molar-refractivity contribution in [2.45, 2.75) is 38.6 Å². The van der Waals surface area contributed by atoms with Crippen LogP contribution in [0.25, 0.3) is 0 Å². The van der Waals surface area contributed by atoms with Gasteiger partial charge >= 0.3 is 13.5 Å². The number of hydrogen-bond donors (Lipinski definition) is 3. The summed E-state index contributed by atoms with van der Waals surface area (Å²) in [5, 5.41) is 8.03. The van der Waals surface area contributed by atoms with Crippen LogP contribution in [0.2, 0.25) is 0 Å². The van der Waals surface area contributed by atoms with Crippen LogP contribution in [-0.4, -0.2) is 47.0 Å². The summed E-state index contributed by atoms with van der Waals surface area (Å²) in [6.07, 6.45) is 0.0177. The van der Waals surface area contributed by atoms with Crippen molar-refractivity contribution in [1.29, 1.82) is 0 Å². The highest BCUT2D eigenvalue weighted by molar-refractivity contribution is 7.46. The fraction of sp³-hybridized carbons (Fsp3) is 0.538. The number of aromatic nitrogens is 5. The second-order valence-corrected chi connectivity index (χ2v) is 7.18. The Morgan fingerprint density at radius 3 is 2.73 bits per heavy atom. The predicted molar refractivity (Wildman–Crippen MR) is 86.4 cm³/mol. The molecule has 13 heteroatoms. The van der Waals surface area contributed by atoms with Gasteiger partial charge in [0.25, 0.3) is 5.56 Å². The van der Waals surface area contributed by atoms with Crippen molar-refractivity contribution in [3.05, 3.63) is 44.5 Å². The van der Waals surface area contributed by atoms with Crippen molar-refractivity contribution in [3.63, 3.8) is 0 Å². The van der Waals surface area contributed by atoms with Crippen LogP contribution in [0.3, 0.4) is 0 Å². The molecule has 3 N–H and O–H groups in total. The van der Waals surface area contributed by atoms with Gasteiger partial charge in [-0.15, -0.1) is 5.10 Å². The summed E-state index contributed by atoms with van der Waals surface area (Å²) >= 11 is 0. The van der Waals surface area contributed by atoms with Gasteiger partial charge in [0, 0.05) is 18.7 Å². The number of hydrogen-bond acceptors (Lipinski definition) is 7. The quantitative estimate of drug-likeness (QED) is 0.568. The monoisotopic (exact) mass is 387 g/mol. The molecule has 0 unspecified atom stereocenters. The van der Waals surface area contributed by atoms with Crippen LogP contribution < -0.4 is 11.2 Å². The maximum Gasteiger partial charge on any atom is 0.469 e. The fourth-order valence-electron chi connectivity index (χ4n) is 2.85. The zero-order valence-corrected chi connectivity index (χ0v) is 14.9. The van der Waals surface area contributed by atoms with E-state index in [4.69, 9.17) is 14.5 Å². The maximum atomic E-state index is 12.0. The summed E-state index contributed by atoms with van der Waals surface area (Å²) < 4.78 is 24.2. The lowest BCUT2D eigenvalue weighted by Crippen LogP contribution is -2.31. The lowest BCUT2D eigenvalue weighted by Gasteiger charge is -2.19. The zero-order chi connectivity index (χ0) is 19.1. The zero-order valence-electron chi connectivity index (χ0n) is 14.0.